The zero-order chi connectivity index (χ0) is 12.1. The van der Waals surface area contributed by atoms with Crippen molar-refractivity contribution in [2.75, 3.05) is 0 Å². The molecule has 1 aliphatic rings. The lowest BCUT2D eigenvalue weighted by Gasteiger charge is -2.28. The van der Waals surface area contributed by atoms with Crippen LogP contribution >= 0.6 is 27.3 Å². The quantitative estimate of drug-likeness (QED) is 0.809. The second kappa shape index (κ2) is 6.91. The van der Waals surface area contributed by atoms with E-state index in [1.165, 1.54) is 47.9 Å². The van der Waals surface area contributed by atoms with E-state index in [9.17, 15) is 0 Å². The Morgan fingerprint density at radius 1 is 1.35 bits per heavy atom. The summed E-state index contributed by atoms with van der Waals surface area (Å²) in [6.45, 7) is 3.35. The molecule has 3 heteroatoms. The Hall–Kier alpha value is 0.140. The van der Waals surface area contributed by atoms with Gasteiger partial charge in [0.2, 0.25) is 0 Å². The van der Waals surface area contributed by atoms with Crippen LogP contribution in [-0.4, -0.2) is 6.04 Å². The Kier molecular flexibility index (Phi) is 5.51. The van der Waals surface area contributed by atoms with Crippen LogP contribution in [0.4, 0.5) is 0 Å². The highest BCUT2D eigenvalue weighted by molar-refractivity contribution is 9.10. The van der Waals surface area contributed by atoms with Gasteiger partial charge < -0.3 is 5.32 Å². The molecule has 17 heavy (non-hydrogen) atoms. The van der Waals surface area contributed by atoms with Gasteiger partial charge in [-0.1, -0.05) is 19.8 Å². The standard InChI is InChI=1S/C14H22BrNS/c1-2-3-11-4-6-13(7-5-11)16-9-14-8-12(15)10-17-14/h8,10-11,13,16H,2-7,9H2,1H3. The van der Waals surface area contributed by atoms with Crippen LogP contribution in [0.2, 0.25) is 0 Å². The van der Waals surface area contributed by atoms with Crippen molar-refractivity contribution in [3.05, 3.63) is 20.8 Å². The molecule has 96 valence electrons. The highest BCUT2D eigenvalue weighted by Crippen LogP contribution is 2.28. The summed E-state index contributed by atoms with van der Waals surface area (Å²) in [7, 11) is 0. The van der Waals surface area contributed by atoms with E-state index in [0.717, 1.165) is 18.5 Å². The van der Waals surface area contributed by atoms with Crippen LogP contribution in [0, 0.1) is 5.92 Å². The number of hydrogen-bond donors (Lipinski definition) is 1. The molecule has 0 bridgehead atoms. The Morgan fingerprint density at radius 3 is 2.71 bits per heavy atom. The van der Waals surface area contributed by atoms with Crippen molar-refractivity contribution in [1.29, 1.82) is 0 Å². The third-order valence-corrected chi connectivity index (χ3v) is 5.43. The van der Waals surface area contributed by atoms with Crippen molar-refractivity contribution in [3.63, 3.8) is 0 Å². The summed E-state index contributed by atoms with van der Waals surface area (Å²) in [5.41, 5.74) is 0. The van der Waals surface area contributed by atoms with Crippen LogP contribution in [0.1, 0.15) is 50.3 Å². The highest BCUT2D eigenvalue weighted by Gasteiger charge is 2.19. The molecule has 1 saturated carbocycles. The smallest absolute Gasteiger partial charge is 0.0302 e. The molecule has 0 aromatic carbocycles. The van der Waals surface area contributed by atoms with Gasteiger partial charge in [0.25, 0.3) is 0 Å². The lowest BCUT2D eigenvalue weighted by molar-refractivity contribution is 0.278. The van der Waals surface area contributed by atoms with E-state index in [0.29, 0.717) is 0 Å². The first-order valence-electron chi connectivity index (χ1n) is 6.74. The molecule has 0 unspecified atom stereocenters. The third-order valence-electron chi connectivity index (χ3n) is 3.73. The topological polar surface area (TPSA) is 12.0 Å². The van der Waals surface area contributed by atoms with E-state index >= 15 is 0 Å². The van der Waals surface area contributed by atoms with Crippen molar-refractivity contribution in [1.82, 2.24) is 5.32 Å². The number of hydrogen-bond acceptors (Lipinski definition) is 2. The third kappa shape index (κ3) is 4.38. The molecule has 2 rings (SSSR count). The first-order chi connectivity index (χ1) is 8.28. The molecule has 0 amide bonds. The molecule has 0 spiro atoms. The van der Waals surface area contributed by atoms with E-state index < -0.39 is 0 Å². The summed E-state index contributed by atoms with van der Waals surface area (Å²) in [5, 5.41) is 5.87. The highest BCUT2D eigenvalue weighted by atomic mass is 79.9. The van der Waals surface area contributed by atoms with Crippen molar-refractivity contribution in [2.45, 2.75) is 58.0 Å². The first-order valence-corrected chi connectivity index (χ1v) is 8.41. The molecule has 0 atom stereocenters. The van der Waals surface area contributed by atoms with Crippen molar-refractivity contribution >= 4 is 27.3 Å². The Morgan fingerprint density at radius 2 is 2.12 bits per heavy atom. The van der Waals surface area contributed by atoms with E-state index in [-0.39, 0.29) is 0 Å². The maximum atomic E-state index is 3.70. The fourth-order valence-corrected chi connectivity index (χ4v) is 4.16. The Bertz CT molecular complexity index is 329. The van der Waals surface area contributed by atoms with Crippen molar-refractivity contribution < 1.29 is 0 Å². The van der Waals surface area contributed by atoms with E-state index in [2.05, 4.69) is 39.6 Å². The number of nitrogens with one attached hydrogen (secondary N) is 1. The van der Waals surface area contributed by atoms with Gasteiger partial charge in [-0.3, -0.25) is 0 Å². The fraction of sp³-hybridized carbons (Fsp3) is 0.714. The molecule has 1 nitrogen and oxygen atoms in total. The lowest BCUT2D eigenvalue weighted by Crippen LogP contribution is -2.32. The molecule has 1 N–H and O–H groups in total. The van der Waals surface area contributed by atoms with Gasteiger partial charge in [-0.25, -0.2) is 0 Å². The number of thiophene rings is 1. The molecule has 0 radical (unpaired) electrons. The lowest BCUT2D eigenvalue weighted by atomic mass is 9.83. The summed E-state index contributed by atoms with van der Waals surface area (Å²) in [4.78, 5) is 1.44. The van der Waals surface area contributed by atoms with Gasteiger partial charge in [-0.05, 0) is 53.6 Å². The minimum atomic E-state index is 0.754. The maximum Gasteiger partial charge on any atom is 0.0302 e. The molecule has 1 heterocycles. The minimum absolute atomic E-state index is 0.754. The van der Waals surface area contributed by atoms with Crippen LogP contribution in [-0.2, 0) is 6.54 Å². The molecular weight excluding hydrogens is 294 g/mol. The van der Waals surface area contributed by atoms with Crippen LogP contribution in [0.25, 0.3) is 0 Å². The molecule has 1 aromatic rings. The predicted molar refractivity (Wildman–Crippen MR) is 79.5 cm³/mol. The average molecular weight is 316 g/mol. The molecule has 1 aliphatic carbocycles. The van der Waals surface area contributed by atoms with Gasteiger partial charge in [0, 0.05) is 27.3 Å². The largest absolute Gasteiger partial charge is 0.309 e. The second-order valence-electron chi connectivity index (χ2n) is 5.12. The zero-order valence-electron chi connectivity index (χ0n) is 10.5. The predicted octanol–water partition coefficient (Wildman–Crippen LogP) is 4.96. The van der Waals surface area contributed by atoms with E-state index in [4.69, 9.17) is 0 Å². The first kappa shape index (κ1) is 13.6. The summed E-state index contributed by atoms with van der Waals surface area (Å²) in [6, 6.07) is 2.98. The minimum Gasteiger partial charge on any atom is -0.309 e. The van der Waals surface area contributed by atoms with Crippen LogP contribution in [0.5, 0.6) is 0 Å². The van der Waals surface area contributed by atoms with Crippen LogP contribution < -0.4 is 5.32 Å². The Balaban J connectivity index is 1.68. The summed E-state index contributed by atoms with van der Waals surface area (Å²) >= 11 is 5.34. The van der Waals surface area contributed by atoms with Crippen LogP contribution in [0.15, 0.2) is 15.9 Å². The SMILES string of the molecule is CCCC1CCC(NCc2cc(Br)cs2)CC1. The van der Waals surface area contributed by atoms with Gasteiger partial charge in [0.15, 0.2) is 0 Å². The summed E-state index contributed by atoms with van der Waals surface area (Å²) in [5.74, 6) is 1.01. The summed E-state index contributed by atoms with van der Waals surface area (Å²) < 4.78 is 1.21. The van der Waals surface area contributed by atoms with Gasteiger partial charge in [-0.2, -0.15) is 0 Å². The molecule has 0 saturated heterocycles. The number of halogens is 1. The second-order valence-corrected chi connectivity index (χ2v) is 7.03. The Labute approximate surface area is 117 Å². The van der Waals surface area contributed by atoms with Gasteiger partial charge in [0.1, 0.15) is 0 Å². The monoisotopic (exact) mass is 315 g/mol. The van der Waals surface area contributed by atoms with Gasteiger partial charge in [-0.15, -0.1) is 11.3 Å². The van der Waals surface area contributed by atoms with Gasteiger partial charge >= 0.3 is 0 Å². The fourth-order valence-electron chi connectivity index (χ4n) is 2.75. The average Bonchev–Trinajstić information content (AvgIpc) is 2.75. The van der Waals surface area contributed by atoms with Crippen molar-refractivity contribution in [3.8, 4) is 0 Å². The number of rotatable bonds is 5. The summed E-state index contributed by atoms with van der Waals surface area (Å²) in [6.07, 6.45) is 8.39. The van der Waals surface area contributed by atoms with Gasteiger partial charge in [0.05, 0.1) is 0 Å². The molecule has 1 aromatic heterocycles. The van der Waals surface area contributed by atoms with Crippen LogP contribution in [0.3, 0.4) is 0 Å². The maximum absolute atomic E-state index is 3.70. The molecule has 0 aliphatic heterocycles. The van der Waals surface area contributed by atoms with E-state index in [1.807, 2.05) is 11.3 Å². The van der Waals surface area contributed by atoms with Crippen molar-refractivity contribution in [2.24, 2.45) is 5.92 Å². The normalized spacial score (nSPS) is 25.1. The zero-order valence-corrected chi connectivity index (χ0v) is 12.9. The molecule has 1 fully saturated rings. The van der Waals surface area contributed by atoms with E-state index in [1.54, 1.807) is 0 Å². The molecular formula is C14H22BrNS.